The number of esters is 1. The van der Waals surface area contributed by atoms with Crippen molar-refractivity contribution >= 4 is 45.9 Å². The molecule has 3 aromatic rings. The van der Waals surface area contributed by atoms with E-state index in [0.29, 0.717) is 34.6 Å². The van der Waals surface area contributed by atoms with Gasteiger partial charge in [-0.2, -0.15) is 0 Å². The number of hydrogen-bond donors (Lipinski definition) is 1. The number of rotatable bonds is 12. The van der Waals surface area contributed by atoms with Crippen LogP contribution in [0.25, 0.3) is 11.4 Å². The third-order valence-corrected chi connectivity index (χ3v) is 7.80. The number of nitrogens with zero attached hydrogens (tertiary/aromatic N) is 4. The van der Waals surface area contributed by atoms with Crippen LogP contribution in [-0.4, -0.2) is 71.0 Å². The van der Waals surface area contributed by atoms with Crippen LogP contribution in [0.3, 0.4) is 0 Å². The number of aromatic nitrogens is 3. The molecule has 2 heterocycles. The van der Waals surface area contributed by atoms with Gasteiger partial charge in [0, 0.05) is 26.2 Å². The second-order valence-corrected chi connectivity index (χ2v) is 10.5. The third-order valence-electron chi connectivity index (χ3n) is 5.63. The van der Waals surface area contributed by atoms with Crippen LogP contribution in [0.15, 0.2) is 29.4 Å². The number of thiophene rings is 1. The molecule has 0 aliphatic rings. The normalized spacial score (nSPS) is 10.8. The molecule has 10 nitrogen and oxygen atoms in total. The Bertz CT molecular complexity index is 1280. The van der Waals surface area contributed by atoms with Crippen LogP contribution in [0.1, 0.15) is 52.3 Å². The lowest BCUT2D eigenvalue weighted by molar-refractivity contribution is -0.113. The van der Waals surface area contributed by atoms with Gasteiger partial charge in [0.2, 0.25) is 5.91 Å². The molecule has 0 spiro atoms. The Morgan fingerprint density at radius 3 is 2.45 bits per heavy atom. The summed E-state index contributed by atoms with van der Waals surface area (Å²) in [6.45, 7) is 7.08. The molecule has 0 radical (unpaired) electrons. The summed E-state index contributed by atoms with van der Waals surface area (Å²) >= 11 is 2.30. The summed E-state index contributed by atoms with van der Waals surface area (Å²) in [5.74, 6) is 0.335. The minimum Gasteiger partial charge on any atom is -0.494 e. The lowest BCUT2D eigenvalue weighted by Gasteiger charge is -2.09. The molecule has 0 unspecified atom stereocenters. The number of methoxy groups -OCH3 is 1. The minimum atomic E-state index is -0.614. The fourth-order valence-electron chi connectivity index (χ4n) is 3.58. The van der Waals surface area contributed by atoms with Crippen LogP contribution in [0, 0.1) is 6.92 Å². The number of anilines is 1. The molecule has 0 aliphatic carbocycles. The summed E-state index contributed by atoms with van der Waals surface area (Å²) in [5, 5.41) is 12.3. The SMILES string of the molecule is CCCCOc1ccc(-c2nnc(SCC(=O)Nc3sc(C(=O)N(C)C)c(C)c3C(=O)OC)n2CC)cc1. The Labute approximate surface area is 230 Å². The number of carbonyl (C=O) groups excluding carboxylic acids is 3. The molecule has 2 amide bonds. The monoisotopic (exact) mass is 559 g/mol. The highest BCUT2D eigenvalue weighted by molar-refractivity contribution is 7.99. The molecular formula is C26H33N5O5S2. The predicted molar refractivity (Wildman–Crippen MR) is 149 cm³/mol. The van der Waals surface area contributed by atoms with Gasteiger partial charge in [-0.1, -0.05) is 25.1 Å². The summed E-state index contributed by atoms with van der Waals surface area (Å²) in [5.41, 5.74) is 1.55. The van der Waals surface area contributed by atoms with Crippen molar-refractivity contribution < 1.29 is 23.9 Å². The zero-order valence-corrected chi connectivity index (χ0v) is 24.1. The van der Waals surface area contributed by atoms with Crippen molar-refractivity contribution in [3.8, 4) is 17.1 Å². The first-order chi connectivity index (χ1) is 18.2. The van der Waals surface area contributed by atoms with Crippen LogP contribution in [0.2, 0.25) is 0 Å². The van der Waals surface area contributed by atoms with Crippen molar-refractivity contribution in [3.63, 3.8) is 0 Å². The van der Waals surface area contributed by atoms with Gasteiger partial charge in [0.05, 0.1) is 29.9 Å². The minimum absolute atomic E-state index is 0.0386. The Balaban J connectivity index is 1.72. The van der Waals surface area contributed by atoms with Gasteiger partial charge in [-0.3, -0.25) is 9.59 Å². The number of ether oxygens (including phenoxy) is 2. The Morgan fingerprint density at radius 1 is 1.13 bits per heavy atom. The number of unbranched alkanes of at least 4 members (excludes halogenated alkanes) is 1. The van der Waals surface area contributed by atoms with E-state index in [4.69, 9.17) is 9.47 Å². The maximum Gasteiger partial charge on any atom is 0.341 e. The lowest BCUT2D eigenvalue weighted by atomic mass is 10.1. The van der Waals surface area contributed by atoms with E-state index in [1.807, 2.05) is 35.8 Å². The maximum atomic E-state index is 12.9. The topological polar surface area (TPSA) is 116 Å². The van der Waals surface area contributed by atoms with Gasteiger partial charge in [-0.25, -0.2) is 4.79 Å². The van der Waals surface area contributed by atoms with Crippen LogP contribution < -0.4 is 10.1 Å². The molecule has 204 valence electrons. The molecule has 0 aliphatic heterocycles. The number of hydrogen-bond acceptors (Lipinski definition) is 9. The number of carbonyl (C=O) groups is 3. The summed E-state index contributed by atoms with van der Waals surface area (Å²) in [6, 6.07) is 7.71. The summed E-state index contributed by atoms with van der Waals surface area (Å²) < 4.78 is 12.6. The van der Waals surface area contributed by atoms with Crippen LogP contribution in [0.4, 0.5) is 5.00 Å². The molecule has 2 aromatic heterocycles. The van der Waals surface area contributed by atoms with Crippen molar-refractivity contribution in [3.05, 3.63) is 40.3 Å². The van der Waals surface area contributed by atoms with E-state index in [1.165, 1.54) is 23.8 Å². The zero-order valence-electron chi connectivity index (χ0n) is 22.5. The number of nitrogens with one attached hydrogen (secondary N) is 1. The van der Waals surface area contributed by atoms with Gasteiger partial charge >= 0.3 is 5.97 Å². The predicted octanol–water partition coefficient (Wildman–Crippen LogP) is 4.73. The van der Waals surface area contributed by atoms with Crippen molar-refractivity contribution in [2.24, 2.45) is 0 Å². The summed E-state index contributed by atoms with van der Waals surface area (Å²) in [7, 11) is 4.51. The largest absolute Gasteiger partial charge is 0.494 e. The lowest BCUT2D eigenvalue weighted by Crippen LogP contribution is -2.21. The molecule has 1 aromatic carbocycles. The molecule has 0 bridgehead atoms. The highest BCUT2D eigenvalue weighted by Crippen LogP contribution is 2.34. The average Bonchev–Trinajstić information content (AvgIpc) is 3.47. The maximum absolute atomic E-state index is 12.9. The molecule has 3 rings (SSSR count). The van der Waals surface area contributed by atoms with Gasteiger partial charge in [-0.15, -0.1) is 21.5 Å². The molecule has 0 fully saturated rings. The smallest absolute Gasteiger partial charge is 0.341 e. The molecule has 12 heteroatoms. The number of thioether (sulfide) groups is 1. The third kappa shape index (κ3) is 6.73. The molecular weight excluding hydrogens is 526 g/mol. The standard InChI is InChI=1S/C26H33N5O5S2/c1-7-9-14-36-18-12-10-17(11-13-18)22-28-29-26(31(22)8-2)37-15-19(32)27-23-20(25(34)35-6)16(3)21(38-23)24(33)30(4)5/h10-13H,7-9,14-15H2,1-6H3,(H,27,32). The molecule has 38 heavy (non-hydrogen) atoms. The van der Waals surface area contributed by atoms with Gasteiger partial charge in [0.25, 0.3) is 5.91 Å². The molecule has 0 saturated heterocycles. The number of amides is 2. The highest BCUT2D eigenvalue weighted by atomic mass is 32.2. The molecule has 0 atom stereocenters. The van der Waals surface area contributed by atoms with Crippen molar-refractivity contribution in [1.29, 1.82) is 0 Å². The van der Waals surface area contributed by atoms with E-state index in [2.05, 4.69) is 22.4 Å². The van der Waals surface area contributed by atoms with Gasteiger partial charge in [-0.05, 0) is 50.1 Å². The van der Waals surface area contributed by atoms with Crippen molar-refractivity contribution in [1.82, 2.24) is 19.7 Å². The fraction of sp³-hybridized carbons (Fsp3) is 0.423. The van der Waals surface area contributed by atoms with Crippen molar-refractivity contribution in [2.75, 3.05) is 38.9 Å². The molecule has 1 N–H and O–H groups in total. The Kier molecular flexibility index (Phi) is 10.3. The highest BCUT2D eigenvalue weighted by Gasteiger charge is 2.27. The summed E-state index contributed by atoms with van der Waals surface area (Å²) in [4.78, 5) is 39.6. The van der Waals surface area contributed by atoms with E-state index >= 15 is 0 Å². The average molecular weight is 560 g/mol. The first-order valence-electron chi connectivity index (χ1n) is 12.2. The Hall–Kier alpha value is -3.38. The van der Waals surface area contributed by atoms with Gasteiger partial charge < -0.3 is 24.3 Å². The van der Waals surface area contributed by atoms with Crippen LogP contribution >= 0.6 is 23.1 Å². The van der Waals surface area contributed by atoms with E-state index < -0.39 is 5.97 Å². The van der Waals surface area contributed by atoms with Gasteiger partial charge in [0.15, 0.2) is 11.0 Å². The Morgan fingerprint density at radius 2 is 1.84 bits per heavy atom. The first-order valence-corrected chi connectivity index (χ1v) is 14.0. The van der Waals surface area contributed by atoms with Gasteiger partial charge in [0.1, 0.15) is 10.8 Å². The summed E-state index contributed by atoms with van der Waals surface area (Å²) in [6.07, 6.45) is 2.08. The second-order valence-electron chi connectivity index (χ2n) is 8.57. The molecule has 0 saturated carbocycles. The zero-order chi connectivity index (χ0) is 27.8. The number of benzene rings is 1. The van der Waals surface area contributed by atoms with E-state index in [9.17, 15) is 14.4 Å². The fourth-order valence-corrected chi connectivity index (χ4v) is 5.61. The van der Waals surface area contributed by atoms with E-state index in [0.717, 1.165) is 35.5 Å². The van der Waals surface area contributed by atoms with Crippen LogP contribution in [-0.2, 0) is 16.1 Å². The van der Waals surface area contributed by atoms with E-state index in [1.54, 1.807) is 21.0 Å². The van der Waals surface area contributed by atoms with Crippen molar-refractivity contribution in [2.45, 2.75) is 45.3 Å². The first kappa shape index (κ1) is 29.2. The second kappa shape index (κ2) is 13.4. The van der Waals surface area contributed by atoms with E-state index in [-0.39, 0.29) is 28.1 Å². The van der Waals surface area contributed by atoms with Crippen LogP contribution in [0.5, 0.6) is 5.75 Å². The quantitative estimate of drug-likeness (QED) is 0.192.